The average Bonchev–Trinajstić information content (AvgIpc) is 2.26. The highest BCUT2D eigenvalue weighted by Gasteiger charge is 2.07. The van der Waals surface area contributed by atoms with Crippen LogP contribution in [0, 0.1) is 5.92 Å². The number of rotatable bonds is 5. The molecule has 1 rings (SSSR count). The van der Waals surface area contributed by atoms with Crippen molar-refractivity contribution in [3.05, 3.63) is 18.1 Å². The molecule has 0 aliphatic heterocycles. The molecule has 0 radical (unpaired) electrons. The van der Waals surface area contributed by atoms with E-state index < -0.39 is 0 Å². The van der Waals surface area contributed by atoms with Gasteiger partial charge in [0.15, 0.2) is 5.82 Å². The Hall–Kier alpha value is -1.20. The first kappa shape index (κ1) is 11.9. The molecule has 0 aliphatic rings. The van der Waals surface area contributed by atoms with E-state index in [1.165, 1.54) is 0 Å². The first-order valence-corrected chi connectivity index (χ1v) is 5.02. The first-order chi connectivity index (χ1) is 7.13. The van der Waals surface area contributed by atoms with Gasteiger partial charge in [-0.3, -0.25) is 4.98 Å². The molecule has 15 heavy (non-hydrogen) atoms. The van der Waals surface area contributed by atoms with Gasteiger partial charge in [0.05, 0.1) is 30.8 Å². The molecule has 1 atom stereocenters. The standard InChI is InChI=1S/C10H18N4O/c1-7(2)8(3)15-6-9-4-13-10(14-11)5-12-9/h4-5,7-8H,6,11H2,1-3H3,(H,13,14). The smallest absolute Gasteiger partial charge is 0.158 e. The van der Waals surface area contributed by atoms with Gasteiger partial charge in [-0.05, 0) is 12.8 Å². The topological polar surface area (TPSA) is 73.1 Å². The predicted molar refractivity (Wildman–Crippen MR) is 58.9 cm³/mol. The van der Waals surface area contributed by atoms with Crippen LogP contribution in [0.3, 0.4) is 0 Å². The predicted octanol–water partition coefficient (Wildman–Crippen LogP) is 1.32. The van der Waals surface area contributed by atoms with E-state index in [1.807, 2.05) is 6.92 Å². The summed E-state index contributed by atoms with van der Waals surface area (Å²) in [5, 5.41) is 0. The first-order valence-electron chi connectivity index (χ1n) is 5.02. The fraction of sp³-hybridized carbons (Fsp3) is 0.600. The van der Waals surface area contributed by atoms with Gasteiger partial charge in [0.2, 0.25) is 0 Å². The van der Waals surface area contributed by atoms with E-state index in [-0.39, 0.29) is 6.10 Å². The largest absolute Gasteiger partial charge is 0.372 e. The van der Waals surface area contributed by atoms with Crippen LogP contribution in [0.1, 0.15) is 26.5 Å². The van der Waals surface area contributed by atoms with E-state index in [0.717, 1.165) is 5.69 Å². The number of hydrazine groups is 1. The normalized spacial score (nSPS) is 12.9. The minimum atomic E-state index is 0.221. The number of hydrogen-bond donors (Lipinski definition) is 2. The van der Waals surface area contributed by atoms with Gasteiger partial charge in [0.25, 0.3) is 0 Å². The lowest BCUT2D eigenvalue weighted by molar-refractivity contribution is 0.0217. The number of aromatic nitrogens is 2. The number of nitrogens with one attached hydrogen (secondary N) is 1. The second-order valence-electron chi connectivity index (χ2n) is 3.80. The molecule has 1 aromatic rings. The number of anilines is 1. The van der Waals surface area contributed by atoms with Crippen molar-refractivity contribution in [2.24, 2.45) is 11.8 Å². The third-order valence-corrected chi connectivity index (χ3v) is 2.29. The highest BCUT2D eigenvalue weighted by atomic mass is 16.5. The molecule has 0 saturated carbocycles. The van der Waals surface area contributed by atoms with Crippen molar-refractivity contribution < 1.29 is 4.74 Å². The fourth-order valence-corrected chi connectivity index (χ4v) is 0.913. The van der Waals surface area contributed by atoms with Crippen LogP contribution in [-0.2, 0) is 11.3 Å². The molecule has 3 N–H and O–H groups in total. The van der Waals surface area contributed by atoms with Crippen molar-refractivity contribution in [3.8, 4) is 0 Å². The number of hydrogen-bond acceptors (Lipinski definition) is 5. The van der Waals surface area contributed by atoms with Gasteiger partial charge in [-0.2, -0.15) is 0 Å². The quantitative estimate of drug-likeness (QED) is 0.566. The summed E-state index contributed by atoms with van der Waals surface area (Å²) < 4.78 is 5.61. The van der Waals surface area contributed by atoms with Crippen LogP contribution in [0.5, 0.6) is 0 Å². The molecule has 0 saturated heterocycles. The van der Waals surface area contributed by atoms with Gasteiger partial charge < -0.3 is 10.2 Å². The van der Waals surface area contributed by atoms with Crippen LogP contribution in [0.15, 0.2) is 12.4 Å². The highest BCUT2D eigenvalue weighted by molar-refractivity contribution is 5.28. The molecule has 1 unspecified atom stereocenters. The number of nitrogen functional groups attached to an aromatic ring is 1. The number of nitrogens with two attached hydrogens (primary N) is 1. The van der Waals surface area contributed by atoms with Crippen LogP contribution in [-0.4, -0.2) is 16.1 Å². The van der Waals surface area contributed by atoms with E-state index in [2.05, 4.69) is 29.2 Å². The van der Waals surface area contributed by atoms with Gasteiger partial charge >= 0.3 is 0 Å². The monoisotopic (exact) mass is 210 g/mol. The summed E-state index contributed by atoms with van der Waals surface area (Å²) in [6, 6.07) is 0. The second-order valence-corrected chi connectivity index (χ2v) is 3.80. The zero-order valence-electron chi connectivity index (χ0n) is 9.40. The Bertz CT molecular complexity index is 286. The van der Waals surface area contributed by atoms with Crippen LogP contribution in [0.2, 0.25) is 0 Å². The van der Waals surface area contributed by atoms with Crippen molar-refractivity contribution in [2.45, 2.75) is 33.5 Å². The maximum atomic E-state index is 5.61. The van der Waals surface area contributed by atoms with Crippen molar-refractivity contribution in [1.82, 2.24) is 9.97 Å². The van der Waals surface area contributed by atoms with E-state index in [1.54, 1.807) is 12.4 Å². The molecule has 0 bridgehead atoms. The lowest BCUT2D eigenvalue weighted by Crippen LogP contribution is -2.16. The van der Waals surface area contributed by atoms with E-state index in [0.29, 0.717) is 18.3 Å². The Labute approximate surface area is 90.0 Å². The van der Waals surface area contributed by atoms with Crippen LogP contribution >= 0.6 is 0 Å². The van der Waals surface area contributed by atoms with E-state index in [9.17, 15) is 0 Å². The Kier molecular flexibility index (Phi) is 4.45. The SMILES string of the molecule is CC(C)C(C)OCc1cnc(NN)cn1. The van der Waals surface area contributed by atoms with Crippen molar-refractivity contribution in [2.75, 3.05) is 5.43 Å². The van der Waals surface area contributed by atoms with E-state index in [4.69, 9.17) is 10.6 Å². The Morgan fingerprint density at radius 1 is 1.33 bits per heavy atom. The van der Waals surface area contributed by atoms with Crippen molar-refractivity contribution in [1.29, 1.82) is 0 Å². The summed E-state index contributed by atoms with van der Waals surface area (Å²) in [6.45, 7) is 6.78. The summed E-state index contributed by atoms with van der Waals surface area (Å²) in [7, 11) is 0. The molecule has 0 fully saturated rings. The third kappa shape index (κ3) is 3.81. The second kappa shape index (κ2) is 5.63. The molecule has 5 heteroatoms. The van der Waals surface area contributed by atoms with Gasteiger partial charge in [0, 0.05) is 0 Å². The summed E-state index contributed by atoms with van der Waals surface area (Å²) in [5.74, 6) is 6.23. The molecule has 5 nitrogen and oxygen atoms in total. The van der Waals surface area contributed by atoms with Crippen molar-refractivity contribution >= 4 is 5.82 Å². The van der Waals surface area contributed by atoms with Crippen LogP contribution in [0.25, 0.3) is 0 Å². The van der Waals surface area contributed by atoms with Gasteiger partial charge in [-0.15, -0.1) is 0 Å². The van der Waals surface area contributed by atoms with Gasteiger partial charge in [-0.1, -0.05) is 13.8 Å². The lowest BCUT2D eigenvalue weighted by Gasteiger charge is -2.15. The minimum Gasteiger partial charge on any atom is -0.372 e. The summed E-state index contributed by atoms with van der Waals surface area (Å²) >= 11 is 0. The van der Waals surface area contributed by atoms with Gasteiger partial charge in [-0.25, -0.2) is 10.8 Å². The zero-order valence-corrected chi connectivity index (χ0v) is 9.40. The maximum absolute atomic E-state index is 5.61. The molecular formula is C10H18N4O. The van der Waals surface area contributed by atoms with Gasteiger partial charge in [0.1, 0.15) is 0 Å². The molecule has 1 heterocycles. The zero-order chi connectivity index (χ0) is 11.3. The molecular weight excluding hydrogens is 192 g/mol. The molecule has 84 valence electrons. The molecule has 0 spiro atoms. The molecule has 1 aromatic heterocycles. The highest BCUT2D eigenvalue weighted by Crippen LogP contribution is 2.08. The minimum absolute atomic E-state index is 0.221. The summed E-state index contributed by atoms with van der Waals surface area (Å²) in [5.41, 5.74) is 3.23. The van der Waals surface area contributed by atoms with Crippen LogP contribution < -0.4 is 11.3 Å². The fourth-order valence-electron chi connectivity index (χ4n) is 0.913. The van der Waals surface area contributed by atoms with Crippen LogP contribution in [0.4, 0.5) is 5.82 Å². The Morgan fingerprint density at radius 3 is 2.53 bits per heavy atom. The molecule has 0 aliphatic carbocycles. The maximum Gasteiger partial charge on any atom is 0.158 e. The average molecular weight is 210 g/mol. The molecule has 0 amide bonds. The summed E-state index contributed by atoms with van der Waals surface area (Å²) in [6.07, 6.45) is 3.46. The number of nitrogens with zero attached hydrogens (tertiary/aromatic N) is 2. The van der Waals surface area contributed by atoms with Crippen molar-refractivity contribution in [3.63, 3.8) is 0 Å². The Morgan fingerprint density at radius 2 is 2.07 bits per heavy atom. The summed E-state index contributed by atoms with van der Waals surface area (Å²) in [4.78, 5) is 8.19. The van der Waals surface area contributed by atoms with E-state index >= 15 is 0 Å². The molecule has 0 aromatic carbocycles. The Balaban J connectivity index is 2.44. The number of ether oxygens (including phenoxy) is 1. The third-order valence-electron chi connectivity index (χ3n) is 2.29. The lowest BCUT2D eigenvalue weighted by atomic mass is 10.1.